The monoisotopic (exact) mass is 413 g/mol. The van der Waals surface area contributed by atoms with Crippen LogP contribution in [0.4, 0.5) is 24.5 Å². The number of carbonyl (C=O) groups is 1. The van der Waals surface area contributed by atoms with Gasteiger partial charge in [-0.2, -0.15) is 13.2 Å². The molecule has 0 radical (unpaired) electrons. The average Bonchev–Trinajstić information content (AvgIpc) is 3.01. The highest BCUT2D eigenvalue weighted by atomic mass is 35.5. The number of hydrogen-bond acceptors (Lipinski definition) is 2. The molecule has 1 aromatic carbocycles. The molecule has 152 valence electrons. The molecule has 1 aromatic heterocycles. The van der Waals surface area contributed by atoms with E-state index in [0.29, 0.717) is 25.3 Å². The molecule has 0 atom stereocenters. The maximum Gasteiger partial charge on any atom is 0.418 e. The van der Waals surface area contributed by atoms with Gasteiger partial charge in [-0.1, -0.05) is 32.4 Å². The van der Waals surface area contributed by atoms with Crippen molar-refractivity contribution < 1.29 is 18.0 Å². The summed E-state index contributed by atoms with van der Waals surface area (Å²) in [6.45, 7) is 7.28. The average molecular weight is 414 g/mol. The van der Waals surface area contributed by atoms with Crippen molar-refractivity contribution in [3.63, 3.8) is 0 Å². The van der Waals surface area contributed by atoms with Crippen LogP contribution in [-0.2, 0) is 24.1 Å². The first-order valence-corrected chi connectivity index (χ1v) is 9.41. The second-order valence-corrected chi connectivity index (χ2v) is 8.66. The lowest BCUT2D eigenvalue weighted by Crippen LogP contribution is -2.33. The number of alkyl halides is 3. The van der Waals surface area contributed by atoms with Crippen LogP contribution in [0.2, 0.25) is 5.02 Å². The summed E-state index contributed by atoms with van der Waals surface area (Å²) in [6.07, 6.45) is -2.60. The summed E-state index contributed by atoms with van der Waals surface area (Å²) in [4.78, 5) is 14.1. The number of nitrogens with one attached hydrogen (secondary N) is 1. The lowest BCUT2D eigenvalue weighted by Gasteiger charge is -2.31. The molecule has 1 N–H and O–H groups in total. The largest absolute Gasteiger partial charge is 0.418 e. The Bertz CT molecular complexity index is 884. The highest BCUT2D eigenvalue weighted by Crippen LogP contribution is 2.42. The van der Waals surface area contributed by atoms with Crippen molar-refractivity contribution in [1.29, 1.82) is 0 Å². The first-order chi connectivity index (χ1) is 12.9. The summed E-state index contributed by atoms with van der Waals surface area (Å²) < 4.78 is 43.2. The molecular formula is C20H23ClF3N3O. The van der Waals surface area contributed by atoms with E-state index >= 15 is 0 Å². The van der Waals surface area contributed by atoms with Crippen molar-refractivity contribution in [3.05, 3.63) is 46.7 Å². The van der Waals surface area contributed by atoms with E-state index in [1.165, 1.54) is 6.07 Å². The van der Waals surface area contributed by atoms with E-state index in [-0.39, 0.29) is 22.5 Å². The van der Waals surface area contributed by atoms with Gasteiger partial charge in [0.2, 0.25) is 5.91 Å². The molecule has 0 fully saturated rings. The van der Waals surface area contributed by atoms with Crippen molar-refractivity contribution >= 4 is 28.9 Å². The van der Waals surface area contributed by atoms with Crippen LogP contribution < -0.4 is 10.2 Å². The van der Waals surface area contributed by atoms with E-state index in [2.05, 4.69) is 9.88 Å². The van der Waals surface area contributed by atoms with Gasteiger partial charge in [0.25, 0.3) is 0 Å². The van der Waals surface area contributed by atoms with E-state index < -0.39 is 17.6 Å². The van der Waals surface area contributed by atoms with Gasteiger partial charge in [-0.05, 0) is 29.7 Å². The van der Waals surface area contributed by atoms with Crippen LogP contribution in [-0.4, -0.2) is 17.0 Å². The van der Waals surface area contributed by atoms with Gasteiger partial charge in [-0.25, -0.2) is 0 Å². The zero-order chi connectivity index (χ0) is 20.7. The molecule has 0 aliphatic carbocycles. The van der Waals surface area contributed by atoms with Crippen molar-refractivity contribution in [3.8, 4) is 0 Å². The third-order valence-electron chi connectivity index (χ3n) is 4.59. The van der Waals surface area contributed by atoms with Gasteiger partial charge < -0.3 is 14.8 Å². The Labute approximate surface area is 167 Å². The molecule has 1 aliphatic heterocycles. The molecular weight excluding hydrogens is 391 g/mol. The molecule has 2 aromatic rings. The molecule has 4 nitrogen and oxygen atoms in total. The number of aromatic nitrogens is 1. The summed E-state index contributed by atoms with van der Waals surface area (Å²) >= 11 is 6.21. The Kier molecular flexibility index (Phi) is 5.40. The van der Waals surface area contributed by atoms with Crippen molar-refractivity contribution in [2.24, 2.45) is 5.41 Å². The molecule has 2 heterocycles. The summed E-state index contributed by atoms with van der Waals surface area (Å²) in [5, 5.41) is 2.25. The zero-order valence-electron chi connectivity index (χ0n) is 16.0. The number of hydrogen-bond donors (Lipinski definition) is 1. The fourth-order valence-corrected chi connectivity index (χ4v) is 3.59. The van der Waals surface area contributed by atoms with Crippen LogP contribution in [0.1, 0.15) is 38.4 Å². The van der Waals surface area contributed by atoms with Gasteiger partial charge in [0.1, 0.15) is 0 Å². The van der Waals surface area contributed by atoms with Crippen LogP contribution >= 0.6 is 11.6 Å². The SMILES string of the molecule is CC(C)(C)CC(=O)Nc1c(Cl)cc(N2CCn3cccc3C2)cc1C(F)(F)F. The minimum Gasteiger partial charge on any atom is -0.364 e. The molecule has 3 rings (SSSR count). The zero-order valence-corrected chi connectivity index (χ0v) is 16.8. The molecule has 0 saturated carbocycles. The predicted molar refractivity (Wildman–Crippen MR) is 105 cm³/mol. The molecule has 1 amide bonds. The number of anilines is 2. The van der Waals surface area contributed by atoms with Crippen LogP contribution in [0.15, 0.2) is 30.5 Å². The normalized spacial score (nSPS) is 14.8. The van der Waals surface area contributed by atoms with Gasteiger partial charge >= 0.3 is 6.18 Å². The quantitative estimate of drug-likeness (QED) is 0.715. The van der Waals surface area contributed by atoms with Crippen LogP contribution in [0.3, 0.4) is 0 Å². The second kappa shape index (κ2) is 7.35. The van der Waals surface area contributed by atoms with Crippen LogP contribution in [0, 0.1) is 5.41 Å². The lowest BCUT2D eigenvalue weighted by molar-refractivity contribution is -0.136. The van der Waals surface area contributed by atoms with Gasteiger partial charge in [-0.3, -0.25) is 4.79 Å². The number of rotatable bonds is 3. The van der Waals surface area contributed by atoms with E-state index in [0.717, 1.165) is 11.8 Å². The summed E-state index contributed by atoms with van der Waals surface area (Å²) in [5.41, 5.74) is -0.250. The molecule has 0 unspecified atom stereocenters. The highest BCUT2D eigenvalue weighted by molar-refractivity contribution is 6.34. The standard InChI is InChI=1S/C20H23ClF3N3O/c1-19(2,3)11-17(28)25-18-15(20(22,23)24)9-14(10-16(18)21)27-8-7-26-6-4-5-13(26)12-27/h4-6,9-10H,7-8,11-12H2,1-3H3,(H,25,28). The molecule has 28 heavy (non-hydrogen) atoms. The Hall–Kier alpha value is -2.15. The number of nitrogens with zero attached hydrogens (tertiary/aromatic N) is 2. The summed E-state index contributed by atoms with van der Waals surface area (Å²) in [6, 6.07) is 6.42. The molecule has 0 spiro atoms. The number of benzene rings is 1. The molecule has 8 heteroatoms. The van der Waals surface area contributed by atoms with Gasteiger partial charge in [0.15, 0.2) is 0 Å². The Balaban J connectivity index is 1.93. The maximum absolute atomic E-state index is 13.7. The molecule has 0 bridgehead atoms. The Morgan fingerprint density at radius 1 is 1.21 bits per heavy atom. The van der Waals surface area contributed by atoms with Crippen LogP contribution in [0.25, 0.3) is 0 Å². The third-order valence-corrected chi connectivity index (χ3v) is 4.89. The summed E-state index contributed by atoms with van der Waals surface area (Å²) in [7, 11) is 0. The van der Waals surface area contributed by atoms with E-state index in [1.54, 1.807) is 0 Å². The van der Waals surface area contributed by atoms with E-state index in [4.69, 9.17) is 11.6 Å². The topological polar surface area (TPSA) is 37.3 Å². The van der Waals surface area contributed by atoms with E-state index in [9.17, 15) is 18.0 Å². The minimum absolute atomic E-state index is 0.0888. The smallest absolute Gasteiger partial charge is 0.364 e. The predicted octanol–water partition coefficient (Wildman–Crippen LogP) is 5.56. The lowest BCUT2D eigenvalue weighted by atomic mass is 9.92. The van der Waals surface area contributed by atoms with E-state index in [1.807, 2.05) is 44.0 Å². The Morgan fingerprint density at radius 2 is 1.93 bits per heavy atom. The third kappa shape index (κ3) is 4.63. The minimum atomic E-state index is -4.64. The maximum atomic E-state index is 13.7. The summed E-state index contributed by atoms with van der Waals surface area (Å²) in [5.74, 6) is -0.497. The number of carbonyl (C=O) groups excluding carboxylic acids is 1. The van der Waals surface area contributed by atoms with Crippen molar-refractivity contribution in [2.75, 3.05) is 16.8 Å². The highest BCUT2D eigenvalue weighted by Gasteiger charge is 2.36. The van der Waals surface area contributed by atoms with Gasteiger partial charge in [-0.15, -0.1) is 0 Å². The Morgan fingerprint density at radius 3 is 2.57 bits per heavy atom. The first kappa shape index (κ1) is 20.6. The number of amides is 1. The second-order valence-electron chi connectivity index (χ2n) is 8.25. The van der Waals surface area contributed by atoms with Crippen molar-refractivity contribution in [2.45, 2.75) is 46.5 Å². The molecule has 0 saturated heterocycles. The first-order valence-electron chi connectivity index (χ1n) is 9.03. The fraction of sp³-hybridized carbons (Fsp3) is 0.450. The van der Waals surface area contributed by atoms with Crippen LogP contribution in [0.5, 0.6) is 0 Å². The van der Waals surface area contributed by atoms with Crippen molar-refractivity contribution in [1.82, 2.24) is 4.57 Å². The van der Waals surface area contributed by atoms with Gasteiger partial charge in [0.05, 0.1) is 22.8 Å². The van der Waals surface area contributed by atoms with Gasteiger partial charge in [0, 0.05) is 37.1 Å². The fourth-order valence-electron chi connectivity index (χ4n) is 3.33. The number of halogens is 4. The number of fused-ring (bicyclic) bond motifs is 1. The molecule has 1 aliphatic rings.